The Morgan fingerprint density at radius 2 is 0.752 bits per heavy atom. The number of carbonyl (C=O) groups is 2. The average molecular weight is 2020 g/mol. The molecule has 35 nitrogen and oxygen atoms in total. The van der Waals surface area contributed by atoms with Gasteiger partial charge >= 0.3 is 29.6 Å². The van der Waals surface area contributed by atoms with E-state index in [-0.39, 0.29) is 158 Å². The zero-order valence-corrected chi connectivity index (χ0v) is 77.3. The number of aliphatic hydroxyl groups is 3. The van der Waals surface area contributed by atoms with Crippen LogP contribution in [-0.4, -0.2) is 125 Å². The Balaban J connectivity index is 0.000000403. The fraction of sp³-hybridized carbons (Fsp3) is 0.105. The number of alkyl halides is 1. The average Bonchev–Trinajstić information content (AvgIpc) is 1.46. The maximum absolute atomic E-state index is 11.9. The zero-order valence-electron chi connectivity index (χ0n) is 69.1. The zero-order chi connectivity index (χ0) is 91.6. The molecule has 0 saturated heterocycles. The quantitative estimate of drug-likeness (QED) is 0.00242. The van der Waals surface area contributed by atoms with Crippen molar-refractivity contribution in [2.45, 2.75) is 18.3 Å². The van der Waals surface area contributed by atoms with Gasteiger partial charge in [-0.25, -0.2) is 9.98 Å². The normalized spacial score (nSPS) is 11.0. The van der Waals surface area contributed by atoms with Crippen molar-refractivity contribution >= 4 is 179 Å². The number of nitrogens with two attached hydrogens (primary N) is 4. The number of non-ortho nitro benzene ring substituents is 6. The smallest absolute Gasteiger partial charge is 1.00 e. The number of anilines is 2. The third-order valence-electron chi connectivity index (χ3n) is 16.3. The number of hydrogen-bond acceptors (Lipinski definition) is 31. The van der Waals surface area contributed by atoms with Crippen LogP contribution in [0.1, 0.15) is 71.8 Å². The first-order valence-electron chi connectivity index (χ1n) is 36.5. The minimum Gasteiger partial charge on any atom is -1.00 e. The summed E-state index contributed by atoms with van der Waals surface area (Å²) in [6.07, 6.45) is -0.701. The second-order valence-corrected chi connectivity index (χ2v) is 29.5. The molecule has 0 fully saturated rings. The van der Waals surface area contributed by atoms with Gasteiger partial charge in [-0.3, -0.25) is 75.7 Å². The van der Waals surface area contributed by atoms with Crippen LogP contribution in [0, 0.1) is 66.1 Å². The third kappa shape index (κ3) is 38.1. The molecule has 13 rings (SSSR count). The van der Waals surface area contributed by atoms with Crippen molar-refractivity contribution in [3.8, 4) is 28.7 Å². The van der Waals surface area contributed by atoms with E-state index in [0.717, 1.165) is 32.3 Å². The molecule has 0 aliphatic heterocycles. The molecular weight excluding hydrogens is 1940 g/mol. The molecular formula is C86H80BBrIN13NaO22S4. The van der Waals surface area contributed by atoms with Gasteiger partial charge in [0, 0.05) is 97.6 Å². The summed E-state index contributed by atoms with van der Waals surface area (Å²) in [5, 5.41) is 116. The van der Waals surface area contributed by atoms with Crippen LogP contribution < -0.4 is 71.4 Å². The second kappa shape index (κ2) is 56.8. The number of aromatic hydroxyl groups is 1. The number of ether oxygens (including phenoxy) is 4. The van der Waals surface area contributed by atoms with Gasteiger partial charge in [-0.1, -0.05) is 125 Å². The molecule has 10 aromatic carbocycles. The van der Waals surface area contributed by atoms with Crippen LogP contribution in [0.3, 0.4) is 0 Å². The number of nitrogen functional groups attached to an aromatic ring is 2. The van der Waals surface area contributed by atoms with Crippen LogP contribution in [0.25, 0.3) is 0 Å². The van der Waals surface area contributed by atoms with Gasteiger partial charge in [0.2, 0.25) is 0 Å². The standard InChI is InChI=1S/C24H22N4O2S2.C14H12N2O6.C14H10N2O6.C14H16N2O2.C8H6BrNO3.C6H5NO3.C6H7NS2.B.HI.Na.H/c25-23(21-9-3-11-31-21)27-17-6-1-5-16(13-17)20(29)15-30-19-8-2-7-18(14-19)28-24(26)22-10-4-12-32-22;2*17-14(10-3-1-4-11(7-10)15(18)19)9-22-13-6-2-5-12(8-13)16(20)21;15-11-4-1-3-10(7-11)14(17)9-18-13-6-2-5-12(16)8-13;9-5-8(11)6-2-1-3-7(4-6)10(12)13;8-6-3-1-2-5(4-6)7(9)10;1-8-6(7)5-3-2-4-9-5;;;;/h1-14,20,29H,15H2,(H2,25,27)(H2,26,28);1-8,14,17H,9H2;1-8H,9H2;1-8,14,17H,9,15-16H2;1-4H,5H2;1-4,8H;2-4,7H,1H3;;1H;;/q;;;;;;;;;+1;-1. The number of phenolic OH excluding ortho intramolecular Hbond substituents is 1. The van der Waals surface area contributed by atoms with E-state index in [0.29, 0.717) is 67.7 Å². The molecule has 3 radical (unpaired) electrons. The summed E-state index contributed by atoms with van der Waals surface area (Å²) in [5.74, 6) is 1.83. The van der Waals surface area contributed by atoms with Gasteiger partial charge in [0.15, 0.2) is 18.2 Å². The fourth-order valence-electron chi connectivity index (χ4n) is 10.1. The van der Waals surface area contributed by atoms with E-state index >= 15 is 0 Å². The van der Waals surface area contributed by atoms with E-state index in [2.05, 4.69) is 25.9 Å². The molecule has 3 unspecified atom stereocenters. The number of halogens is 2. The molecule has 43 heteroatoms. The van der Waals surface area contributed by atoms with Gasteiger partial charge in [0.05, 0.1) is 79.1 Å². The van der Waals surface area contributed by atoms with Crippen molar-refractivity contribution in [2.75, 3.05) is 49.5 Å². The van der Waals surface area contributed by atoms with Gasteiger partial charge in [-0.2, -0.15) is 0 Å². The minimum atomic E-state index is -1.08. The van der Waals surface area contributed by atoms with E-state index in [1.807, 2.05) is 101 Å². The van der Waals surface area contributed by atoms with Crippen molar-refractivity contribution in [2.24, 2.45) is 21.5 Å². The number of nitro groups is 6. The van der Waals surface area contributed by atoms with E-state index in [1.54, 1.807) is 72.0 Å². The third-order valence-corrected chi connectivity index (χ3v) is 20.2. The Bertz CT molecular complexity index is 5930. The second-order valence-electron chi connectivity index (χ2n) is 25.3. The Hall–Kier alpha value is -13.2. The molecule has 13 N–H and O–H groups in total. The van der Waals surface area contributed by atoms with Gasteiger partial charge in [-0.05, 0) is 124 Å². The summed E-state index contributed by atoms with van der Waals surface area (Å²) in [6, 6.07) is 73.1. The number of hydrogen-bond donors (Lipinski definition) is 9. The Kier molecular flexibility index (Phi) is 47.6. The molecule has 3 aromatic heterocycles. The predicted octanol–water partition coefficient (Wildman–Crippen LogP) is 15.6. The summed E-state index contributed by atoms with van der Waals surface area (Å²) >= 11 is 9.14. The summed E-state index contributed by atoms with van der Waals surface area (Å²) < 4.78 is 21.7. The molecule has 663 valence electrons. The van der Waals surface area contributed by atoms with Crippen LogP contribution >= 0.6 is 85.7 Å². The van der Waals surface area contributed by atoms with Crippen molar-refractivity contribution in [3.63, 3.8) is 0 Å². The van der Waals surface area contributed by atoms with Gasteiger partial charge in [0.25, 0.3) is 34.1 Å². The molecule has 129 heavy (non-hydrogen) atoms. The first-order chi connectivity index (χ1) is 60.4. The first-order valence-corrected chi connectivity index (χ1v) is 41.5. The summed E-state index contributed by atoms with van der Waals surface area (Å²) in [4.78, 5) is 94.5. The van der Waals surface area contributed by atoms with Crippen LogP contribution in [0.5, 0.6) is 28.7 Å². The Morgan fingerprint density at radius 3 is 1.16 bits per heavy atom. The van der Waals surface area contributed by atoms with E-state index in [9.17, 15) is 85.6 Å². The number of ketones is 2. The molecule has 3 heterocycles. The number of phenols is 1. The summed E-state index contributed by atoms with van der Waals surface area (Å²) in [5.41, 5.74) is 27.5. The maximum atomic E-state index is 11.9. The fourth-order valence-corrected chi connectivity index (χ4v) is 12.9. The first kappa shape index (κ1) is 108. The van der Waals surface area contributed by atoms with E-state index < -0.39 is 53.6 Å². The van der Waals surface area contributed by atoms with Crippen LogP contribution in [0.4, 0.5) is 56.9 Å². The molecule has 3 atom stereocenters. The number of nitrogens with zero attached hydrogens (tertiary/aromatic N) is 8. The molecule has 0 saturated carbocycles. The number of thioether (sulfide) groups is 1. The molecule has 0 spiro atoms. The van der Waals surface area contributed by atoms with Crippen LogP contribution in [0.15, 0.2) is 305 Å². The van der Waals surface area contributed by atoms with Crippen molar-refractivity contribution in [1.29, 1.82) is 5.41 Å². The minimum absolute atomic E-state index is 0. The number of rotatable bonds is 29. The number of aliphatic hydroxyl groups excluding tert-OH is 3. The number of benzene rings is 10. The number of carbonyl (C=O) groups excluding carboxylic acids is 2. The number of nitro benzene ring substituents is 6. The van der Waals surface area contributed by atoms with Gasteiger partial charge < -0.3 is 63.7 Å². The van der Waals surface area contributed by atoms with Gasteiger partial charge in [-0.15, -0.1) is 69.7 Å². The van der Waals surface area contributed by atoms with Crippen LogP contribution in [0.2, 0.25) is 0 Å². The number of amidine groups is 2. The number of aliphatic imine (C=N–C) groups is 2. The van der Waals surface area contributed by atoms with Crippen molar-refractivity contribution in [3.05, 3.63) is 398 Å². The SMILES string of the molecule is CSC(=N)c1cccs1.I.NC(=Nc1cccc(OCC(O)c2cccc(N=C(N)c3cccs3)c2)c1)c1cccs1.Nc1cccc(OCC(O)c2cccc(N)c2)c1.O=C(CBr)c1cccc([N+](=O)[O-])c1.O=C(COc1cccc([N+](=O)[O-])c1)c1cccc([N+](=O)[O-])c1.O=[N+]([O-])c1cccc(O)c1.O=[N+]([O-])c1cccc(OCC(O)c2cccc([N+](=O)[O-])c2)c1.[B].[H-].[Na+]. The van der Waals surface area contributed by atoms with Gasteiger partial charge in [0.1, 0.15) is 83.6 Å². The van der Waals surface area contributed by atoms with Crippen molar-refractivity contribution < 1.29 is 109 Å². The maximum Gasteiger partial charge on any atom is 1.00 e. The summed E-state index contributed by atoms with van der Waals surface area (Å²) in [6.45, 7) is -0.307. The molecule has 0 bridgehead atoms. The summed E-state index contributed by atoms with van der Waals surface area (Å²) in [7, 11) is 0. The number of Topliss-reactive ketones (excluding diaryl/α,β-unsaturated/α-hetero) is 2. The van der Waals surface area contributed by atoms with E-state index in [4.69, 9.17) is 52.4 Å². The largest absolute Gasteiger partial charge is 1.00 e. The molecule has 0 amide bonds. The molecule has 0 aliphatic carbocycles. The number of thiophene rings is 3. The topological polar surface area (TPSA) is 563 Å². The molecule has 13 aromatic rings. The van der Waals surface area contributed by atoms with Crippen molar-refractivity contribution in [1.82, 2.24) is 0 Å². The van der Waals surface area contributed by atoms with E-state index in [1.165, 1.54) is 162 Å². The Labute approximate surface area is 803 Å². The molecule has 0 aliphatic rings. The predicted molar refractivity (Wildman–Crippen MR) is 511 cm³/mol. The monoisotopic (exact) mass is 2010 g/mol. The van der Waals surface area contributed by atoms with Crippen LogP contribution in [-0.2, 0) is 0 Å². The Morgan fingerprint density at radius 1 is 0.426 bits per heavy atom. The number of nitrogens with one attached hydrogen (secondary N) is 1.